The van der Waals surface area contributed by atoms with E-state index in [2.05, 4.69) is 11.9 Å². The van der Waals surface area contributed by atoms with Crippen LogP contribution in [0.15, 0.2) is 18.2 Å². The van der Waals surface area contributed by atoms with Crippen molar-refractivity contribution in [2.24, 2.45) is 5.92 Å². The Kier molecular flexibility index (Phi) is 5.13. The molecular weight excluding hydrogens is 322 g/mol. The number of hydrogen-bond acceptors (Lipinski definition) is 5. The zero-order valence-electron chi connectivity index (χ0n) is 15.0. The van der Waals surface area contributed by atoms with Crippen molar-refractivity contribution >= 4 is 17.5 Å². The summed E-state index contributed by atoms with van der Waals surface area (Å²) in [5.41, 5.74) is 0.653. The summed E-state index contributed by atoms with van der Waals surface area (Å²) in [6, 6.07) is 5.34. The van der Waals surface area contributed by atoms with Crippen molar-refractivity contribution in [2.75, 3.05) is 58.9 Å². The van der Waals surface area contributed by atoms with E-state index >= 15 is 0 Å². The number of methoxy groups -OCH3 is 2. The number of benzene rings is 1. The minimum absolute atomic E-state index is 0.0565. The second kappa shape index (κ2) is 7.31. The average molecular weight is 347 g/mol. The summed E-state index contributed by atoms with van der Waals surface area (Å²) in [5.74, 6) is 0.968. The van der Waals surface area contributed by atoms with Gasteiger partial charge in [-0.05, 0) is 19.2 Å². The van der Waals surface area contributed by atoms with Gasteiger partial charge in [0.2, 0.25) is 11.8 Å². The van der Waals surface area contributed by atoms with Gasteiger partial charge in [-0.2, -0.15) is 0 Å². The van der Waals surface area contributed by atoms with Crippen LogP contribution in [0, 0.1) is 5.92 Å². The molecule has 7 nitrogen and oxygen atoms in total. The van der Waals surface area contributed by atoms with Crippen LogP contribution in [-0.2, 0) is 9.59 Å². The second-order valence-corrected chi connectivity index (χ2v) is 6.57. The number of carbonyl (C=O) groups excluding carboxylic acids is 2. The zero-order chi connectivity index (χ0) is 18.0. The molecule has 1 unspecified atom stereocenters. The van der Waals surface area contributed by atoms with Gasteiger partial charge in [-0.15, -0.1) is 0 Å². The minimum Gasteiger partial charge on any atom is -0.497 e. The lowest BCUT2D eigenvalue weighted by molar-refractivity contribution is -0.137. The van der Waals surface area contributed by atoms with Gasteiger partial charge >= 0.3 is 0 Å². The highest BCUT2D eigenvalue weighted by molar-refractivity contribution is 6.01. The smallest absolute Gasteiger partial charge is 0.228 e. The lowest BCUT2D eigenvalue weighted by Crippen LogP contribution is -2.49. The van der Waals surface area contributed by atoms with Gasteiger partial charge in [-0.1, -0.05) is 0 Å². The topological polar surface area (TPSA) is 62.3 Å². The molecule has 2 aliphatic heterocycles. The summed E-state index contributed by atoms with van der Waals surface area (Å²) >= 11 is 0. The Morgan fingerprint density at radius 2 is 1.84 bits per heavy atom. The van der Waals surface area contributed by atoms with Crippen LogP contribution in [0.25, 0.3) is 0 Å². The van der Waals surface area contributed by atoms with Crippen LogP contribution in [0.2, 0.25) is 0 Å². The van der Waals surface area contributed by atoms with E-state index in [0.717, 1.165) is 26.2 Å². The van der Waals surface area contributed by atoms with Crippen LogP contribution in [0.3, 0.4) is 0 Å². The molecule has 7 heteroatoms. The standard InChI is InChI=1S/C18H25N3O4/c1-19-6-8-20(9-7-19)18(23)13-10-17(22)21(12-13)15-11-14(24-2)4-5-16(15)25-3/h4-5,11,13H,6-10,12H2,1-3H3. The number of likely N-dealkylation sites (N-methyl/N-ethyl adjacent to an activating group) is 1. The number of piperazine rings is 1. The lowest BCUT2D eigenvalue weighted by atomic mass is 10.1. The second-order valence-electron chi connectivity index (χ2n) is 6.57. The molecule has 0 aliphatic carbocycles. The maximum absolute atomic E-state index is 12.8. The summed E-state index contributed by atoms with van der Waals surface area (Å²) in [6.45, 7) is 3.58. The average Bonchev–Trinajstić information content (AvgIpc) is 3.02. The van der Waals surface area contributed by atoms with Crippen LogP contribution in [-0.4, -0.2) is 75.6 Å². The predicted molar refractivity (Wildman–Crippen MR) is 94.1 cm³/mol. The number of nitrogens with zero attached hydrogens (tertiary/aromatic N) is 3. The third-order valence-corrected chi connectivity index (χ3v) is 4.97. The fourth-order valence-corrected chi connectivity index (χ4v) is 3.40. The number of amides is 2. The van der Waals surface area contributed by atoms with E-state index in [1.807, 2.05) is 4.90 Å². The van der Waals surface area contributed by atoms with E-state index in [0.29, 0.717) is 23.7 Å². The molecule has 0 bridgehead atoms. The number of hydrogen-bond donors (Lipinski definition) is 0. The molecule has 2 amide bonds. The summed E-state index contributed by atoms with van der Waals surface area (Å²) in [7, 11) is 5.20. The van der Waals surface area contributed by atoms with Gasteiger partial charge < -0.3 is 24.2 Å². The molecule has 1 aromatic rings. The molecule has 2 heterocycles. The van der Waals surface area contributed by atoms with Gasteiger partial charge in [0.25, 0.3) is 0 Å². The van der Waals surface area contributed by atoms with Crippen LogP contribution >= 0.6 is 0 Å². The molecule has 0 spiro atoms. The van der Waals surface area contributed by atoms with Crippen LogP contribution in [0.5, 0.6) is 11.5 Å². The van der Waals surface area contributed by atoms with E-state index in [-0.39, 0.29) is 24.2 Å². The van der Waals surface area contributed by atoms with Crippen molar-refractivity contribution in [1.29, 1.82) is 0 Å². The van der Waals surface area contributed by atoms with E-state index in [4.69, 9.17) is 9.47 Å². The highest BCUT2D eigenvalue weighted by Gasteiger charge is 2.38. The van der Waals surface area contributed by atoms with Crippen LogP contribution in [0.1, 0.15) is 6.42 Å². The van der Waals surface area contributed by atoms with Gasteiger partial charge in [0.05, 0.1) is 25.8 Å². The Morgan fingerprint density at radius 1 is 1.12 bits per heavy atom. The molecule has 25 heavy (non-hydrogen) atoms. The van der Waals surface area contributed by atoms with Crippen molar-refractivity contribution < 1.29 is 19.1 Å². The molecule has 2 saturated heterocycles. The maximum Gasteiger partial charge on any atom is 0.228 e. The quantitative estimate of drug-likeness (QED) is 0.807. The Hall–Kier alpha value is -2.28. The number of ether oxygens (including phenoxy) is 2. The van der Waals surface area contributed by atoms with Gasteiger partial charge in [-0.25, -0.2) is 0 Å². The maximum atomic E-state index is 12.8. The molecule has 3 rings (SSSR count). The highest BCUT2D eigenvalue weighted by atomic mass is 16.5. The fraction of sp³-hybridized carbons (Fsp3) is 0.556. The summed E-state index contributed by atoms with van der Waals surface area (Å²) in [4.78, 5) is 31.0. The first-order valence-electron chi connectivity index (χ1n) is 8.53. The molecule has 2 aliphatic rings. The number of anilines is 1. The summed E-state index contributed by atoms with van der Waals surface area (Å²) in [6.07, 6.45) is 0.242. The van der Waals surface area contributed by atoms with E-state index in [1.165, 1.54) is 0 Å². The SMILES string of the molecule is COc1ccc(OC)c(N2CC(C(=O)N3CCN(C)CC3)CC2=O)c1. The molecule has 0 N–H and O–H groups in total. The lowest BCUT2D eigenvalue weighted by Gasteiger charge is -2.33. The largest absolute Gasteiger partial charge is 0.497 e. The van der Waals surface area contributed by atoms with Crippen molar-refractivity contribution in [2.45, 2.75) is 6.42 Å². The van der Waals surface area contributed by atoms with Crippen molar-refractivity contribution in [3.8, 4) is 11.5 Å². The first kappa shape index (κ1) is 17.5. The summed E-state index contributed by atoms with van der Waals surface area (Å²) < 4.78 is 10.6. The van der Waals surface area contributed by atoms with Gasteiger partial charge in [0.1, 0.15) is 11.5 Å². The Labute approximate surface area is 148 Å². The molecule has 0 saturated carbocycles. The third-order valence-electron chi connectivity index (χ3n) is 4.97. The molecule has 0 radical (unpaired) electrons. The molecule has 1 atom stereocenters. The Morgan fingerprint density at radius 3 is 2.48 bits per heavy atom. The molecule has 2 fully saturated rings. The Bertz CT molecular complexity index is 656. The van der Waals surface area contributed by atoms with E-state index in [9.17, 15) is 9.59 Å². The number of carbonyl (C=O) groups is 2. The van der Waals surface area contributed by atoms with Gasteiger partial charge in [-0.3, -0.25) is 9.59 Å². The van der Waals surface area contributed by atoms with Crippen LogP contribution in [0.4, 0.5) is 5.69 Å². The Balaban J connectivity index is 1.75. The van der Waals surface area contributed by atoms with Gasteiger partial charge in [0.15, 0.2) is 0 Å². The monoisotopic (exact) mass is 347 g/mol. The molecule has 1 aromatic carbocycles. The first-order chi connectivity index (χ1) is 12.0. The molecule has 136 valence electrons. The zero-order valence-corrected chi connectivity index (χ0v) is 15.0. The third kappa shape index (κ3) is 3.56. The molecular formula is C18H25N3O4. The fourth-order valence-electron chi connectivity index (χ4n) is 3.40. The predicted octanol–water partition coefficient (Wildman–Crippen LogP) is 0.831. The first-order valence-corrected chi connectivity index (χ1v) is 8.53. The van der Waals surface area contributed by atoms with Gasteiger partial charge in [0, 0.05) is 45.2 Å². The van der Waals surface area contributed by atoms with Crippen molar-refractivity contribution in [1.82, 2.24) is 9.80 Å². The highest BCUT2D eigenvalue weighted by Crippen LogP contribution is 2.36. The van der Waals surface area contributed by atoms with Crippen LogP contribution < -0.4 is 14.4 Å². The summed E-state index contributed by atoms with van der Waals surface area (Å²) in [5, 5.41) is 0. The van der Waals surface area contributed by atoms with Crippen molar-refractivity contribution in [3.05, 3.63) is 18.2 Å². The van der Waals surface area contributed by atoms with E-state index < -0.39 is 0 Å². The number of rotatable bonds is 4. The van der Waals surface area contributed by atoms with Crippen molar-refractivity contribution in [3.63, 3.8) is 0 Å². The molecule has 0 aromatic heterocycles. The van der Waals surface area contributed by atoms with E-state index in [1.54, 1.807) is 37.3 Å². The normalized spacial score (nSPS) is 21.6. The minimum atomic E-state index is -0.299.